The fraction of sp³-hybridized carbons (Fsp3) is 0.214. The number of aryl methyl sites for hydroxylation is 1. The molecule has 1 aromatic heterocycles. The Kier molecular flexibility index (Phi) is 4.32. The molecule has 0 spiro atoms. The molecule has 0 radical (unpaired) electrons. The number of benzene rings is 1. The summed E-state index contributed by atoms with van der Waals surface area (Å²) in [6.07, 6.45) is -0.757. The van der Waals surface area contributed by atoms with Crippen LogP contribution in [0.2, 0.25) is 0 Å². The van der Waals surface area contributed by atoms with Crippen molar-refractivity contribution in [2.24, 2.45) is 0 Å². The molecule has 110 valence electrons. The maximum atomic E-state index is 13.2. The Morgan fingerprint density at radius 3 is 2.76 bits per heavy atom. The molecule has 0 fully saturated rings. The molecule has 0 aliphatic rings. The summed E-state index contributed by atoms with van der Waals surface area (Å²) in [6, 6.07) is 5.52. The number of hydrogen-bond donors (Lipinski definition) is 2. The molecule has 7 heteroatoms. The van der Waals surface area contributed by atoms with Gasteiger partial charge in [-0.3, -0.25) is 15.2 Å². The fourth-order valence-corrected chi connectivity index (χ4v) is 1.86. The Bertz CT molecular complexity index is 698. The first-order valence-corrected chi connectivity index (χ1v) is 6.31. The second kappa shape index (κ2) is 6.17. The lowest BCUT2D eigenvalue weighted by atomic mass is 10.1. The predicted octanol–water partition coefficient (Wildman–Crippen LogP) is 2.07. The highest BCUT2D eigenvalue weighted by atomic mass is 19.1. The van der Waals surface area contributed by atoms with Crippen molar-refractivity contribution in [1.29, 1.82) is 0 Å². The molecule has 0 aliphatic heterocycles. The van der Waals surface area contributed by atoms with Gasteiger partial charge in [-0.2, -0.15) is 0 Å². The number of hydrogen-bond acceptors (Lipinski definition) is 4. The van der Waals surface area contributed by atoms with Crippen molar-refractivity contribution in [1.82, 2.24) is 15.8 Å². The van der Waals surface area contributed by atoms with Crippen molar-refractivity contribution in [3.63, 3.8) is 0 Å². The second-order valence-electron chi connectivity index (χ2n) is 4.27. The van der Waals surface area contributed by atoms with Gasteiger partial charge in [-0.1, -0.05) is 0 Å². The van der Waals surface area contributed by atoms with Crippen LogP contribution in [-0.2, 0) is 4.74 Å². The summed E-state index contributed by atoms with van der Waals surface area (Å²) in [4.78, 5) is 27.4. The summed E-state index contributed by atoms with van der Waals surface area (Å²) in [7, 11) is 0. The maximum absolute atomic E-state index is 13.2. The number of nitrogens with zero attached hydrogens (tertiary/aromatic N) is 1. The van der Waals surface area contributed by atoms with Crippen molar-refractivity contribution in [3.8, 4) is 0 Å². The number of ether oxygens (including phenoxy) is 1. The van der Waals surface area contributed by atoms with E-state index in [0.717, 1.165) is 0 Å². The SMILES string of the molecule is CCOC(=O)NNC(=O)c1cc(C)nc2cc(F)ccc12. The minimum Gasteiger partial charge on any atom is -0.449 e. The predicted molar refractivity (Wildman–Crippen MR) is 74.1 cm³/mol. The molecule has 0 aliphatic carbocycles. The zero-order chi connectivity index (χ0) is 15.4. The van der Waals surface area contributed by atoms with E-state index in [1.165, 1.54) is 18.2 Å². The molecular weight excluding hydrogens is 277 g/mol. The van der Waals surface area contributed by atoms with Crippen LogP contribution in [0, 0.1) is 12.7 Å². The molecule has 1 aromatic carbocycles. The Morgan fingerprint density at radius 2 is 2.05 bits per heavy atom. The van der Waals surface area contributed by atoms with Gasteiger partial charge < -0.3 is 4.74 Å². The van der Waals surface area contributed by atoms with E-state index < -0.39 is 17.8 Å². The van der Waals surface area contributed by atoms with Crippen LogP contribution in [0.15, 0.2) is 24.3 Å². The average Bonchev–Trinajstić information content (AvgIpc) is 2.43. The molecular formula is C14H14FN3O3. The van der Waals surface area contributed by atoms with Crippen LogP contribution < -0.4 is 10.9 Å². The Morgan fingerprint density at radius 1 is 1.29 bits per heavy atom. The van der Waals surface area contributed by atoms with E-state index >= 15 is 0 Å². The summed E-state index contributed by atoms with van der Waals surface area (Å²) < 4.78 is 17.9. The van der Waals surface area contributed by atoms with Crippen LogP contribution >= 0.6 is 0 Å². The number of aromatic nitrogens is 1. The highest BCUT2D eigenvalue weighted by Crippen LogP contribution is 2.19. The van der Waals surface area contributed by atoms with Crippen LogP contribution in [0.3, 0.4) is 0 Å². The monoisotopic (exact) mass is 291 g/mol. The van der Waals surface area contributed by atoms with E-state index in [-0.39, 0.29) is 12.2 Å². The molecule has 0 bridgehead atoms. The summed E-state index contributed by atoms with van der Waals surface area (Å²) in [5, 5.41) is 0.491. The van der Waals surface area contributed by atoms with Crippen LogP contribution in [0.4, 0.5) is 9.18 Å². The van der Waals surface area contributed by atoms with Gasteiger partial charge in [0.2, 0.25) is 0 Å². The molecule has 2 amide bonds. The third kappa shape index (κ3) is 3.44. The van der Waals surface area contributed by atoms with Crippen LogP contribution in [0.5, 0.6) is 0 Å². The van der Waals surface area contributed by atoms with Gasteiger partial charge in [-0.05, 0) is 32.0 Å². The number of pyridine rings is 1. The summed E-state index contributed by atoms with van der Waals surface area (Å²) in [6.45, 7) is 3.54. The normalized spacial score (nSPS) is 10.2. The zero-order valence-corrected chi connectivity index (χ0v) is 11.6. The van der Waals surface area contributed by atoms with Crippen LogP contribution in [-0.4, -0.2) is 23.6 Å². The lowest BCUT2D eigenvalue weighted by Crippen LogP contribution is -2.42. The highest BCUT2D eigenvalue weighted by Gasteiger charge is 2.13. The Hall–Kier alpha value is -2.70. The quantitative estimate of drug-likeness (QED) is 0.830. The molecule has 6 nitrogen and oxygen atoms in total. The standard InChI is InChI=1S/C14H14FN3O3/c1-3-21-14(20)18-17-13(19)11-6-8(2)16-12-7-9(15)4-5-10(11)12/h4-7H,3H2,1-2H3,(H,17,19)(H,18,20). The third-order valence-electron chi connectivity index (χ3n) is 2.70. The van der Waals surface area contributed by atoms with Crippen LogP contribution in [0.1, 0.15) is 23.0 Å². The molecule has 2 rings (SSSR count). The number of fused-ring (bicyclic) bond motifs is 1. The van der Waals surface area contributed by atoms with Gasteiger partial charge in [0.1, 0.15) is 5.82 Å². The van der Waals surface area contributed by atoms with E-state index in [9.17, 15) is 14.0 Å². The number of carbonyl (C=O) groups is 2. The van der Waals surface area contributed by atoms with Gasteiger partial charge in [-0.25, -0.2) is 14.6 Å². The molecule has 0 saturated carbocycles. The largest absolute Gasteiger partial charge is 0.449 e. The number of nitrogens with one attached hydrogen (secondary N) is 2. The molecule has 0 saturated heterocycles. The van der Waals surface area contributed by atoms with Crippen molar-refractivity contribution in [2.45, 2.75) is 13.8 Å². The summed E-state index contributed by atoms with van der Waals surface area (Å²) >= 11 is 0. The van der Waals surface area contributed by atoms with Crippen molar-refractivity contribution < 1.29 is 18.7 Å². The first-order chi connectivity index (χ1) is 10.0. The van der Waals surface area contributed by atoms with Gasteiger partial charge in [0.25, 0.3) is 5.91 Å². The molecule has 2 N–H and O–H groups in total. The number of rotatable bonds is 2. The minimum absolute atomic E-state index is 0.193. The smallest absolute Gasteiger partial charge is 0.426 e. The van der Waals surface area contributed by atoms with E-state index in [0.29, 0.717) is 16.6 Å². The van der Waals surface area contributed by atoms with Crippen molar-refractivity contribution in [2.75, 3.05) is 6.61 Å². The highest BCUT2D eigenvalue weighted by molar-refractivity contribution is 6.06. The second-order valence-corrected chi connectivity index (χ2v) is 4.27. The maximum Gasteiger partial charge on any atom is 0.426 e. The number of amides is 2. The number of carbonyl (C=O) groups excluding carboxylic acids is 2. The Balaban J connectivity index is 2.28. The molecule has 0 unspecified atom stereocenters. The zero-order valence-electron chi connectivity index (χ0n) is 11.6. The van der Waals surface area contributed by atoms with Crippen molar-refractivity contribution >= 4 is 22.9 Å². The molecule has 1 heterocycles. The number of halogens is 1. The topological polar surface area (TPSA) is 80.3 Å². The van der Waals surface area contributed by atoms with Crippen LogP contribution in [0.25, 0.3) is 10.9 Å². The lowest BCUT2D eigenvalue weighted by molar-refractivity contribution is 0.0914. The number of hydrazine groups is 1. The molecule has 21 heavy (non-hydrogen) atoms. The lowest BCUT2D eigenvalue weighted by Gasteiger charge is -2.10. The molecule has 0 atom stereocenters. The van der Waals surface area contributed by atoms with E-state index in [4.69, 9.17) is 0 Å². The van der Waals surface area contributed by atoms with Crippen molar-refractivity contribution in [3.05, 3.63) is 41.3 Å². The van der Waals surface area contributed by atoms with Gasteiger partial charge in [0, 0.05) is 17.1 Å². The average molecular weight is 291 g/mol. The van der Waals surface area contributed by atoms with Gasteiger partial charge in [0.15, 0.2) is 0 Å². The molecule has 2 aromatic rings. The van der Waals surface area contributed by atoms with Gasteiger partial charge >= 0.3 is 6.09 Å². The summed E-state index contributed by atoms with van der Waals surface area (Å²) in [5.41, 5.74) is 5.58. The Labute approximate surface area is 120 Å². The fourth-order valence-electron chi connectivity index (χ4n) is 1.86. The first-order valence-electron chi connectivity index (χ1n) is 6.31. The first kappa shape index (κ1) is 14.7. The minimum atomic E-state index is -0.757. The summed E-state index contributed by atoms with van der Waals surface area (Å²) in [5.74, 6) is -0.971. The van der Waals surface area contributed by atoms with E-state index in [2.05, 4.69) is 20.6 Å². The third-order valence-corrected chi connectivity index (χ3v) is 2.70. The van der Waals surface area contributed by atoms with E-state index in [1.54, 1.807) is 19.9 Å². The van der Waals surface area contributed by atoms with E-state index in [1.807, 2.05) is 0 Å². The van der Waals surface area contributed by atoms with Gasteiger partial charge in [0.05, 0.1) is 17.7 Å². The van der Waals surface area contributed by atoms with Gasteiger partial charge in [-0.15, -0.1) is 0 Å².